The highest BCUT2D eigenvalue weighted by molar-refractivity contribution is 5.97. The third-order valence-corrected chi connectivity index (χ3v) is 7.16. The zero-order valence-electron chi connectivity index (χ0n) is 17.1. The van der Waals surface area contributed by atoms with Gasteiger partial charge in [-0.2, -0.15) is 0 Å². The molecule has 6 nitrogen and oxygen atoms in total. The van der Waals surface area contributed by atoms with Crippen LogP contribution >= 0.6 is 0 Å². The molecular formula is C21H30O6. The Hall–Kier alpha value is -1.69. The first kappa shape index (κ1) is 20.1. The summed E-state index contributed by atoms with van der Waals surface area (Å²) in [7, 11) is 0. The minimum absolute atomic E-state index is 0.102. The molecule has 27 heavy (non-hydrogen) atoms. The van der Waals surface area contributed by atoms with Gasteiger partial charge in [0.2, 0.25) is 0 Å². The van der Waals surface area contributed by atoms with Crippen molar-refractivity contribution in [2.45, 2.75) is 90.6 Å². The lowest BCUT2D eigenvalue weighted by atomic mass is 9.53. The molecule has 0 aromatic heterocycles. The van der Waals surface area contributed by atoms with E-state index in [-0.39, 0.29) is 23.2 Å². The van der Waals surface area contributed by atoms with E-state index in [9.17, 15) is 14.4 Å². The normalized spacial score (nSPS) is 43.6. The lowest BCUT2D eigenvalue weighted by Crippen LogP contribution is -2.61. The van der Waals surface area contributed by atoms with Crippen LogP contribution in [0.2, 0.25) is 0 Å². The first-order valence-electron chi connectivity index (χ1n) is 9.68. The number of esters is 1. The molecule has 0 spiro atoms. The van der Waals surface area contributed by atoms with Crippen LogP contribution in [0.25, 0.3) is 0 Å². The van der Waals surface area contributed by atoms with Gasteiger partial charge in [0, 0.05) is 12.3 Å². The van der Waals surface area contributed by atoms with Crippen molar-refractivity contribution in [3.8, 4) is 0 Å². The second-order valence-electron chi connectivity index (χ2n) is 9.19. The average molecular weight is 378 g/mol. The number of Topliss-reactive ketones (excluding diaryl/α,β-unsaturated/α-hetero) is 1. The van der Waals surface area contributed by atoms with Crippen LogP contribution in [0.15, 0.2) is 11.1 Å². The summed E-state index contributed by atoms with van der Waals surface area (Å²) in [5.41, 5.74) is -0.403. The molecule has 3 rings (SSSR count). The quantitative estimate of drug-likeness (QED) is 0.323. The van der Waals surface area contributed by atoms with E-state index >= 15 is 0 Å². The van der Waals surface area contributed by atoms with Gasteiger partial charge in [0.05, 0.1) is 6.10 Å². The number of epoxide rings is 1. The molecule has 2 saturated carbocycles. The zero-order chi connectivity index (χ0) is 20.2. The van der Waals surface area contributed by atoms with E-state index in [0.29, 0.717) is 25.7 Å². The highest BCUT2D eigenvalue weighted by Gasteiger charge is 2.62. The molecule has 0 radical (unpaired) electrons. The molecule has 0 N–H and O–H groups in total. The van der Waals surface area contributed by atoms with Crippen molar-refractivity contribution >= 4 is 18.2 Å². The SMILES string of the molecule is CC(C)=C1C[C@@H]2[C@](C)(CC[C@@H](OC(=O)[C@@]3(C)O[C@H]3C)[C@@]2(C)OC=O)CC1=O. The topological polar surface area (TPSA) is 82.2 Å². The van der Waals surface area contributed by atoms with Crippen molar-refractivity contribution in [1.82, 2.24) is 0 Å². The maximum atomic E-state index is 12.6. The molecule has 0 bridgehead atoms. The summed E-state index contributed by atoms with van der Waals surface area (Å²) in [6.07, 6.45) is 1.50. The number of ketones is 1. The van der Waals surface area contributed by atoms with Gasteiger partial charge in [-0.25, -0.2) is 4.79 Å². The van der Waals surface area contributed by atoms with Crippen molar-refractivity contribution < 1.29 is 28.6 Å². The Bertz CT molecular complexity index is 707. The predicted octanol–water partition coefficient (Wildman–Crippen LogP) is 3.12. The predicted molar refractivity (Wildman–Crippen MR) is 97.8 cm³/mol. The lowest BCUT2D eigenvalue weighted by molar-refractivity contribution is -0.213. The molecular weight excluding hydrogens is 348 g/mol. The van der Waals surface area contributed by atoms with E-state index in [1.807, 2.05) is 27.7 Å². The largest absolute Gasteiger partial charge is 0.457 e. The van der Waals surface area contributed by atoms with Crippen molar-refractivity contribution in [3.05, 3.63) is 11.1 Å². The highest BCUT2D eigenvalue weighted by Crippen LogP contribution is 2.56. The van der Waals surface area contributed by atoms with Gasteiger partial charge in [-0.3, -0.25) is 9.59 Å². The van der Waals surface area contributed by atoms with Crippen molar-refractivity contribution in [2.24, 2.45) is 11.3 Å². The molecule has 6 atom stereocenters. The van der Waals surface area contributed by atoms with Gasteiger partial charge >= 0.3 is 5.97 Å². The van der Waals surface area contributed by atoms with Crippen molar-refractivity contribution in [3.63, 3.8) is 0 Å². The number of fused-ring (bicyclic) bond motifs is 1. The van der Waals surface area contributed by atoms with Gasteiger partial charge in [-0.1, -0.05) is 12.5 Å². The zero-order valence-corrected chi connectivity index (χ0v) is 17.1. The van der Waals surface area contributed by atoms with Gasteiger partial charge in [-0.15, -0.1) is 0 Å². The highest BCUT2D eigenvalue weighted by atomic mass is 16.7. The number of carbonyl (C=O) groups excluding carboxylic acids is 3. The summed E-state index contributed by atoms with van der Waals surface area (Å²) in [6, 6.07) is 0. The Morgan fingerprint density at radius 1 is 1.26 bits per heavy atom. The number of rotatable bonds is 4. The van der Waals surface area contributed by atoms with Gasteiger partial charge in [0.1, 0.15) is 11.7 Å². The van der Waals surface area contributed by atoms with E-state index < -0.39 is 23.3 Å². The Morgan fingerprint density at radius 2 is 1.89 bits per heavy atom. The smallest absolute Gasteiger partial charge is 0.341 e. The molecule has 0 aromatic rings. The summed E-state index contributed by atoms with van der Waals surface area (Å²) >= 11 is 0. The number of hydrogen-bond acceptors (Lipinski definition) is 6. The fraction of sp³-hybridized carbons (Fsp3) is 0.762. The van der Waals surface area contributed by atoms with Gasteiger partial charge in [0.25, 0.3) is 6.47 Å². The van der Waals surface area contributed by atoms with Crippen LogP contribution in [0, 0.1) is 11.3 Å². The monoisotopic (exact) mass is 378 g/mol. The fourth-order valence-electron chi connectivity index (χ4n) is 5.00. The maximum absolute atomic E-state index is 12.6. The molecule has 6 heteroatoms. The molecule has 1 aliphatic heterocycles. The summed E-state index contributed by atoms with van der Waals surface area (Å²) in [5, 5.41) is 0. The second-order valence-corrected chi connectivity index (χ2v) is 9.19. The minimum Gasteiger partial charge on any atom is -0.457 e. The maximum Gasteiger partial charge on any atom is 0.341 e. The molecule has 0 unspecified atom stereocenters. The third-order valence-electron chi connectivity index (χ3n) is 7.16. The summed E-state index contributed by atoms with van der Waals surface area (Å²) < 4.78 is 16.8. The molecule has 3 aliphatic rings. The van der Waals surface area contributed by atoms with E-state index in [1.165, 1.54) is 0 Å². The van der Waals surface area contributed by atoms with Crippen LogP contribution in [0.1, 0.15) is 67.2 Å². The van der Waals surface area contributed by atoms with Crippen LogP contribution in [0.5, 0.6) is 0 Å². The van der Waals surface area contributed by atoms with E-state index in [0.717, 1.165) is 17.6 Å². The third kappa shape index (κ3) is 3.12. The van der Waals surface area contributed by atoms with Crippen LogP contribution in [0.4, 0.5) is 0 Å². The Morgan fingerprint density at radius 3 is 2.41 bits per heavy atom. The van der Waals surface area contributed by atoms with Gasteiger partial charge < -0.3 is 14.2 Å². The molecule has 1 saturated heterocycles. The first-order valence-corrected chi connectivity index (χ1v) is 9.68. The van der Waals surface area contributed by atoms with Crippen LogP contribution < -0.4 is 0 Å². The van der Waals surface area contributed by atoms with E-state index in [1.54, 1.807) is 6.92 Å². The number of carbonyl (C=O) groups is 3. The molecule has 0 aromatic carbocycles. The molecule has 3 fully saturated rings. The van der Waals surface area contributed by atoms with Crippen LogP contribution in [-0.2, 0) is 28.6 Å². The summed E-state index contributed by atoms with van der Waals surface area (Å²) in [6.45, 7) is 11.7. The molecule has 1 heterocycles. The minimum atomic E-state index is -0.986. The Labute approximate surface area is 160 Å². The first-order chi connectivity index (χ1) is 12.5. The van der Waals surface area contributed by atoms with E-state index in [2.05, 4.69) is 6.92 Å². The second kappa shape index (κ2) is 6.43. The van der Waals surface area contributed by atoms with Gasteiger partial charge in [0.15, 0.2) is 11.4 Å². The van der Waals surface area contributed by atoms with Crippen molar-refractivity contribution in [2.75, 3.05) is 0 Å². The summed E-state index contributed by atoms with van der Waals surface area (Å²) in [5.74, 6) is -0.348. The number of hydrogen-bond donors (Lipinski definition) is 0. The van der Waals surface area contributed by atoms with Crippen molar-refractivity contribution in [1.29, 1.82) is 0 Å². The molecule has 150 valence electrons. The van der Waals surface area contributed by atoms with Crippen LogP contribution in [0.3, 0.4) is 0 Å². The summed E-state index contributed by atoms with van der Waals surface area (Å²) in [4.78, 5) is 36.6. The van der Waals surface area contributed by atoms with Gasteiger partial charge in [-0.05, 0) is 64.9 Å². The number of allylic oxidation sites excluding steroid dienone is 2. The Balaban J connectivity index is 1.92. The average Bonchev–Trinajstić information content (AvgIpc) is 3.18. The molecule has 2 aliphatic carbocycles. The van der Waals surface area contributed by atoms with E-state index in [4.69, 9.17) is 14.2 Å². The lowest BCUT2D eigenvalue weighted by Gasteiger charge is -2.55. The van der Waals surface area contributed by atoms with Crippen LogP contribution in [-0.4, -0.2) is 41.6 Å². The number of ether oxygens (including phenoxy) is 3. The molecule has 0 amide bonds. The Kier molecular flexibility index (Phi) is 4.78. The fourth-order valence-corrected chi connectivity index (χ4v) is 5.00. The standard InChI is InChI=1S/C21H30O6/c1-12(2)14-9-16-19(4,10-15(14)23)8-7-17(21(16,6)25-11-22)26-18(24)20(5)13(3)27-20/h11,13,16-17H,7-10H2,1-6H3/t13-,16+,17+,19+,20-,21-/m0/s1.